The number of benzene rings is 2. The minimum absolute atomic E-state index is 0.181. The third-order valence-corrected chi connectivity index (χ3v) is 8.37. The minimum Gasteiger partial charge on any atom is -0.497 e. The second kappa shape index (κ2) is 11.6. The quantitative estimate of drug-likeness (QED) is 0.274. The van der Waals surface area contributed by atoms with Crippen molar-refractivity contribution >= 4 is 67.7 Å². The van der Waals surface area contributed by atoms with Gasteiger partial charge in [-0.05, 0) is 77.3 Å². The molecule has 0 bridgehead atoms. The van der Waals surface area contributed by atoms with Crippen molar-refractivity contribution in [2.45, 2.75) is 25.8 Å². The highest BCUT2D eigenvalue weighted by molar-refractivity contribution is 9.11. The summed E-state index contributed by atoms with van der Waals surface area (Å²) < 4.78 is 8.09. The van der Waals surface area contributed by atoms with Crippen LogP contribution >= 0.6 is 27.3 Å². The maximum atomic E-state index is 13.2. The van der Waals surface area contributed by atoms with E-state index >= 15 is 0 Å². The van der Waals surface area contributed by atoms with Gasteiger partial charge in [-0.1, -0.05) is 6.07 Å². The fourth-order valence-corrected chi connectivity index (χ4v) is 5.96. The third kappa shape index (κ3) is 5.84. The predicted octanol–water partition coefficient (Wildman–Crippen LogP) is 5.41. The van der Waals surface area contributed by atoms with Gasteiger partial charge < -0.3 is 19.1 Å². The summed E-state index contributed by atoms with van der Waals surface area (Å²) in [6.07, 6.45) is 2.23. The summed E-state index contributed by atoms with van der Waals surface area (Å²) >= 11 is 4.75. The van der Waals surface area contributed by atoms with Gasteiger partial charge in [-0.15, -0.1) is 11.3 Å². The van der Waals surface area contributed by atoms with E-state index in [-0.39, 0.29) is 17.7 Å². The molecule has 3 heterocycles. The van der Waals surface area contributed by atoms with Crippen molar-refractivity contribution in [1.82, 2.24) is 14.5 Å². The van der Waals surface area contributed by atoms with Crippen LogP contribution in [0.3, 0.4) is 0 Å². The second-order valence-corrected chi connectivity index (χ2v) is 11.7. The molecule has 1 aliphatic rings. The number of halogens is 1. The van der Waals surface area contributed by atoms with Gasteiger partial charge in [-0.2, -0.15) is 0 Å². The molecule has 39 heavy (non-hydrogen) atoms. The van der Waals surface area contributed by atoms with E-state index in [9.17, 15) is 14.4 Å². The van der Waals surface area contributed by atoms with Gasteiger partial charge in [0.15, 0.2) is 0 Å². The number of carbonyl (C=O) groups excluding carboxylic acids is 3. The van der Waals surface area contributed by atoms with E-state index in [1.807, 2.05) is 33.7 Å². The molecule has 0 radical (unpaired) electrons. The standard InChI is InChI=1S/C28H28BrN5O4S/c1-32(27(37)18-6-3-7-20(16-18)38-2)19-9-10-22-21(17-19)30-28(31-26(36)23-11-12-24(29)39-23)34(22)15-5-14-33-13-4-8-25(33)35/h3,6-7,9-12,16-17H,4-5,8,13-15H2,1-2H3,(H,30,31,36). The zero-order valence-electron chi connectivity index (χ0n) is 21.6. The number of methoxy groups -OCH3 is 1. The molecule has 0 aliphatic carbocycles. The van der Waals surface area contributed by atoms with Crippen LogP contribution in [0.25, 0.3) is 11.0 Å². The summed E-state index contributed by atoms with van der Waals surface area (Å²) in [6.45, 7) is 2.01. The van der Waals surface area contributed by atoms with Crippen molar-refractivity contribution < 1.29 is 19.1 Å². The molecule has 5 rings (SSSR count). The molecule has 2 aromatic carbocycles. The normalized spacial score (nSPS) is 13.2. The van der Waals surface area contributed by atoms with Gasteiger partial charge in [-0.3, -0.25) is 19.7 Å². The first-order chi connectivity index (χ1) is 18.8. The van der Waals surface area contributed by atoms with Crippen LogP contribution in [0.4, 0.5) is 11.6 Å². The lowest BCUT2D eigenvalue weighted by atomic mass is 10.1. The van der Waals surface area contributed by atoms with Gasteiger partial charge in [0.1, 0.15) is 5.75 Å². The molecule has 0 spiro atoms. The molecular weight excluding hydrogens is 582 g/mol. The van der Waals surface area contributed by atoms with Crippen molar-refractivity contribution in [3.63, 3.8) is 0 Å². The number of anilines is 2. The van der Waals surface area contributed by atoms with Crippen LogP contribution in [0.1, 0.15) is 39.3 Å². The van der Waals surface area contributed by atoms with E-state index in [0.29, 0.717) is 52.9 Å². The average molecular weight is 611 g/mol. The largest absolute Gasteiger partial charge is 0.497 e. The number of ether oxygens (including phenoxy) is 1. The molecule has 202 valence electrons. The van der Waals surface area contributed by atoms with Crippen LogP contribution in [-0.4, -0.2) is 59.4 Å². The zero-order valence-corrected chi connectivity index (χ0v) is 24.0. The number of amides is 3. The summed E-state index contributed by atoms with van der Waals surface area (Å²) in [5.74, 6) is 0.793. The smallest absolute Gasteiger partial charge is 0.268 e. The summed E-state index contributed by atoms with van der Waals surface area (Å²) in [4.78, 5) is 46.9. The molecule has 1 saturated heterocycles. The molecule has 4 aromatic rings. The first-order valence-electron chi connectivity index (χ1n) is 12.6. The summed E-state index contributed by atoms with van der Waals surface area (Å²) in [5, 5.41) is 2.95. The Bertz CT molecular complexity index is 1550. The van der Waals surface area contributed by atoms with Crippen molar-refractivity contribution in [1.29, 1.82) is 0 Å². The van der Waals surface area contributed by atoms with Crippen molar-refractivity contribution in [2.75, 3.05) is 37.5 Å². The number of carbonyl (C=O) groups is 3. The number of nitrogens with one attached hydrogen (secondary N) is 1. The monoisotopic (exact) mass is 609 g/mol. The number of likely N-dealkylation sites (tertiary alicyclic amines) is 1. The van der Waals surface area contributed by atoms with Crippen LogP contribution in [0.15, 0.2) is 58.4 Å². The zero-order chi connectivity index (χ0) is 27.5. The Morgan fingerprint density at radius 1 is 1.15 bits per heavy atom. The number of fused-ring (bicyclic) bond motifs is 1. The van der Waals surface area contributed by atoms with Crippen molar-refractivity contribution in [2.24, 2.45) is 0 Å². The number of aromatic nitrogens is 2. The Labute approximate surface area is 238 Å². The number of hydrogen-bond acceptors (Lipinski definition) is 6. The number of hydrogen-bond donors (Lipinski definition) is 1. The van der Waals surface area contributed by atoms with Gasteiger partial charge in [0.25, 0.3) is 11.8 Å². The topological polar surface area (TPSA) is 96.8 Å². The van der Waals surface area contributed by atoms with Gasteiger partial charge >= 0.3 is 0 Å². The van der Waals surface area contributed by atoms with Gasteiger partial charge in [0.05, 0.1) is 26.8 Å². The van der Waals surface area contributed by atoms with Crippen LogP contribution in [-0.2, 0) is 11.3 Å². The van der Waals surface area contributed by atoms with E-state index in [4.69, 9.17) is 9.72 Å². The van der Waals surface area contributed by atoms with Crippen LogP contribution in [0.5, 0.6) is 5.75 Å². The highest BCUT2D eigenvalue weighted by atomic mass is 79.9. The number of nitrogens with zero attached hydrogens (tertiary/aromatic N) is 4. The Hall–Kier alpha value is -3.70. The maximum absolute atomic E-state index is 13.2. The molecule has 0 atom stereocenters. The van der Waals surface area contributed by atoms with Crippen molar-refractivity contribution in [3.05, 3.63) is 68.8 Å². The lowest BCUT2D eigenvalue weighted by Crippen LogP contribution is -2.26. The number of thiophene rings is 1. The number of aryl methyl sites for hydroxylation is 1. The van der Waals surface area contributed by atoms with E-state index < -0.39 is 0 Å². The summed E-state index contributed by atoms with van der Waals surface area (Å²) in [6, 6.07) is 16.2. The fourth-order valence-electron chi connectivity index (χ4n) is 4.68. The van der Waals surface area contributed by atoms with Crippen LogP contribution in [0.2, 0.25) is 0 Å². The SMILES string of the molecule is COc1cccc(C(=O)N(C)c2ccc3c(c2)nc(NC(=O)c2ccc(Br)s2)n3CCCN2CCCC2=O)c1. The lowest BCUT2D eigenvalue weighted by molar-refractivity contribution is -0.127. The Balaban J connectivity index is 1.42. The molecule has 9 nitrogen and oxygen atoms in total. The van der Waals surface area contributed by atoms with Gasteiger partial charge in [0.2, 0.25) is 11.9 Å². The number of imidazole rings is 1. The van der Waals surface area contributed by atoms with E-state index in [1.165, 1.54) is 11.3 Å². The average Bonchev–Trinajstić information content (AvgIpc) is 3.66. The Morgan fingerprint density at radius 2 is 2.00 bits per heavy atom. The molecular formula is C28H28BrN5O4S. The molecule has 0 saturated carbocycles. The highest BCUT2D eigenvalue weighted by Crippen LogP contribution is 2.28. The first kappa shape index (κ1) is 26.9. The Morgan fingerprint density at radius 3 is 2.72 bits per heavy atom. The Kier molecular flexibility index (Phi) is 7.99. The van der Waals surface area contributed by atoms with Crippen molar-refractivity contribution in [3.8, 4) is 5.75 Å². The van der Waals surface area contributed by atoms with Gasteiger partial charge in [0, 0.05) is 44.4 Å². The molecule has 11 heteroatoms. The van der Waals surface area contributed by atoms with Crippen LogP contribution in [0, 0.1) is 0 Å². The second-order valence-electron chi connectivity index (χ2n) is 9.25. The number of rotatable bonds is 9. The maximum Gasteiger partial charge on any atom is 0.268 e. The molecule has 1 aliphatic heterocycles. The van der Waals surface area contributed by atoms with Gasteiger partial charge in [-0.25, -0.2) is 4.98 Å². The van der Waals surface area contributed by atoms with Crippen LogP contribution < -0.4 is 15.0 Å². The molecule has 1 N–H and O–H groups in total. The highest BCUT2D eigenvalue weighted by Gasteiger charge is 2.21. The molecule has 0 unspecified atom stereocenters. The molecule has 3 amide bonds. The molecule has 2 aromatic heterocycles. The van der Waals surface area contributed by atoms with E-state index in [1.54, 1.807) is 49.4 Å². The fraction of sp³-hybridized carbons (Fsp3) is 0.286. The minimum atomic E-state index is -0.248. The lowest BCUT2D eigenvalue weighted by Gasteiger charge is -2.18. The van der Waals surface area contributed by atoms with E-state index in [0.717, 1.165) is 28.7 Å². The summed E-state index contributed by atoms with van der Waals surface area (Å²) in [5.41, 5.74) is 2.66. The predicted molar refractivity (Wildman–Crippen MR) is 156 cm³/mol. The third-order valence-electron chi connectivity index (χ3n) is 6.74. The van der Waals surface area contributed by atoms with E-state index in [2.05, 4.69) is 21.2 Å². The summed E-state index contributed by atoms with van der Waals surface area (Å²) in [7, 11) is 3.28. The molecule has 1 fully saturated rings. The first-order valence-corrected chi connectivity index (χ1v) is 14.2.